The van der Waals surface area contributed by atoms with Gasteiger partial charge >= 0.3 is 11.9 Å². The van der Waals surface area contributed by atoms with E-state index in [4.69, 9.17) is 14.9 Å². The molecule has 0 spiro atoms. The van der Waals surface area contributed by atoms with E-state index in [1.54, 1.807) is 0 Å². The number of amides is 1. The van der Waals surface area contributed by atoms with Crippen molar-refractivity contribution in [3.8, 4) is 5.75 Å². The first kappa shape index (κ1) is 31.2. The predicted molar refractivity (Wildman–Crippen MR) is 158 cm³/mol. The predicted octanol–water partition coefficient (Wildman–Crippen LogP) is 4.66. The summed E-state index contributed by atoms with van der Waals surface area (Å²) in [5.74, 6) is -1.23. The van der Waals surface area contributed by atoms with Crippen LogP contribution < -0.4 is 15.0 Å². The number of carbonyl (C=O) groups is 3. The van der Waals surface area contributed by atoms with Crippen LogP contribution in [0.1, 0.15) is 48.2 Å². The Balaban J connectivity index is 0.000000507. The van der Waals surface area contributed by atoms with Crippen molar-refractivity contribution in [2.45, 2.75) is 45.9 Å². The molecule has 0 bridgehead atoms. The second kappa shape index (κ2) is 16.0. The Labute approximate surface area is 241 Å². The van der Waals surface area contributed by atoms with Crippen molar-refractivity contribution in [1.82, 2.24) is 10.2 Å². The first-order chi connectivity index (χ1) is 19.7. The molecule has 9 nitrogen and oxygen atoms in total. The minimum Gasteiger partial charge on any atom is -0.489 e. The monoisotopic (exact) mass is 561 g/mol. The number of carbonyl (C=O) groups excluding carboxylic acids is 1. The van der Waals surface area contributed by atoms with Gasteiger partial charge in [0, 0.05) is 44.8 Å². The minimum atomic E-state index is -1.08. The number of para-hydroxylation sites is 2. The van der Waals surface area contributed by atoms with E-state index in [1.807, 2.05) is 36.4 Å². The van der Waals surface area contributed by atoms with Gasteiger partial charge in [-0.15, -0.1) is 0 Å². The van der Waals surface area contributed by atoms with Crippen molar-refractivity contribution in [3.05, 3.63) is 95.6 Å². The number of carboxylic acid groups (broad SMARTS) is 2. The van der Waals surface area contributed by atoms with Crippen LogP contribution in [-0.4, -0.2) is 65.2 Å². The normalized spacial score (nSPS) is 13.2. The Morgan fingerprint density at radius 2 is 1.41 bits per heavy atom. The molecular formula is C32H39N3O6. The maximum atomic E-state index is 12.3. The summed E-state index contributed by atoms with van der Waals surface area (Å²) in [6.45, 7) is 9.54. The van der Waals surface area contributed by atoms with Crippen LogP contribution in [0.3, 0.4) is 0 Å². The van der Waals surface area contributed by atoms with E-state index >= 15 is 0 Å². The van der Waals surface area contributed by atoms with Crippen LogP contribution in [0.5, 0.6) is 5.75 Å². The fraction of sp³-hybridized carbons (Fsp3) is 0.344. The molecule has 0 saturated carbocycles. The smallest absolute Gasteiger partial charge is 0.303 e. The second-order valence-electron chi connectivity index (χ2n) is 10.1. The average molecular weight is 562 g/mol. The molecule has 0 radical (unpaired) electrons. The molecule has 1 aliphatic heterocycles. The molecule has 3 N–H and O–H groups in total. The molecule has 1 amide bonds. The quantitative estimate of drug-likeness (QED) is 0.309. The van der Waals surface area contributed by atoms with Gasteiger partial charge in [0.15, 0.2) is 0 Å². The number of ether oxygens (including phenoxy) is 1. The highest BCUT2D eigenvalue weighted by Gasteiger charge is 2.20. The molecule has 0 unspecified atom stereocenters. The SMILES string of the molecule is CC(C)Oc1ccccc1N1CCN(Cc2cccc(CNC(=O)c3ccccc3)c2)CC1.O=C(O)CCC(=O)O. The molecule has 1 saturated heterocycles. The van der Waals surface area contributed by atoms with Crippen LogP contribution in [-0.2, 0) is 22.7 Å². The molecule has 1 aliphatic rings. The zero-order chi connectivity index (χ0) is 29.6. The second-order valence-corrected chi connectivity index (χ2v) is 10.1. The van der Waals surface area contributed by atoms with E-state index in [9.17, 15) is 14.4 Å². The van der Waals surface area contributed by atoms with Crippen LogP contribution in [0.2, 0.25) is 0 Å². The molecular weight excluding hydrogens is 522 g/mol. The lowest BCUT2D eigenvalue weighted by Crippen LogP contribution is -2.46. The van der Waals surface area contributed by atoms with Crippen molar-refractivity contribution in [1.29, 1.82) is 0 Å². The Morgan fingerprint density at radius 3 is 2.05 bits per heavy atom. The number of anilines is 1. The summed E-state index contributed by atoms with van der Waals surface area (Å²) >= 11 is 0. The number of benzene rings is 3. The van der Waals surface area contributed by atoms with Crippen LogP contribution >= 0.6 is 0 Å². The largest absolute Gasteiger partial charge is 0.489 e. The van der Waals surface area contributed by atoms with Crippen LogP contribution in [0.4, 0.5) is 5.69 Å². The van der Waals surface area contributed by atoms with E-state index in [2.05, 4.69) is 71.4 Å². The summed E-state index contributed by atoms with van der Waals surface area (Å²) in [6, 6.07) is 26.2. The van der Waals surface area contributed by atoms with Gasteiger partial charge in [-0.3, -0.25) is 19.3 Å². The summed E-state index contributed by atoms with van der Waals surface area (Å²) in [5.41, 5.74) is 4.27. The lowest BCUT2D eigenvalue weighted by molar-refractivity contribution is -0.143. The molecule has 41 heavy (non-hydrogen) atoms. The van der Waals surface area contributed by atoms with Gasteiger partial charge in [-0.2, -0.15) is 0 Å². The van der Waals surface area contributed by atoms with Crippen LogP contribution in [0.25, 0.3) is 0 Å². The van der Waals surface area contributed by atoms with Gasteiger partial charge in [-0.05, 0) is 49.2 Å². The number of nitrogens with one attached hydrogen (secondary N) is 1. The molecule has 218 valence electrons. The lowest BCUT2D eigenvalue weighted by Gasteiger charge is -2.37. The number of hydrogen-bond acceptors (Lipinski definition) is 6. The van der Waals surface area contributed by atoms with Gasteiger partial charge in [0.05, 0.1) is 24.6 Å². The van der Waals surface area contributed by atoms with Gasteiger partial charge in [0.2, 0.25) is 0 Å². The maximum Gasteiger partial charge on any atom is 0.303 e. The van der Waals surface area contributed by atoms with E-state index < -0.39 is 11.9 Å². The van der Waals surface area contributed by atoms with Crippen molar-refractivity contribution >= 4 is 23.5 Å². The van der Waals surface area contributed by atoms with Crippen molar-refractivity contribution in [2.24, 2.45) is 0 Å². The molecule has 3 aromatic rings. The Bertz CT molecular complexity index is 1260. The van der Waals surface area contributed by atoms with Gasteiger partial charge in [0.1, 0.15) is 5.75 Å². The topological polar surface area (TPSA) is 119 Å². The Kier molecular flexibility index (Phi) is 12.2. The van der Waals surface area contributed by atoms with E-state index in [1.165, 1.54) is 11.3 Å². The molecule has 1 fully saturated rings. The fourth-order valence-electron chi connectivity index (χ4n) is 4.40. The highest BCUT2D eigenvalue weighted by molar-refractivity contribution is 5.94. The average Bonchev–Trinajstić information content (AvgIpc) is 2.96. The van der Waals surface area contributed by atoms with E-state index in [0.717, 1.165) is 44.0 Å². The van der Waals surface area contributed by atoms with Gasteiger partial charge in [0.25, 0.3) is 5.91 Å². The van der Waals surface area contributed by atoms with Crippen LogP contribution in [0, 0.1) is 0 Å². The Morgan fingerprint density at radius 1 is 0.805 bits per heavy atom. The molecule has 0 aliphatic carbocycles. The third kappa shape index (κ3) is 11.0. The summed E-state index contributed by atoms with van der Waals surface area (Å²) in [4.78, 5) is 36.5. The van der Waals surface area contributed by atoms with Crippen molar-refractivity contribution in [3.63, 3.8) is 0 Å². The minimum absolute atomic E-state index is 0.0427. The van der Waals surface area contributed by atoms with E-state index in [-0.39, 0.29) is 24.9 Å². The van der Waals surface area contributed by atoms with Crippen molar-refractivity contribution in [2.75, 3.05) is 31.1 Å². The van der Waals surface area contributed by atoms with Gasteiger partial charge < -0.3 is 25.2 Å². The number of hydrogen-bond donors (Lipinski definition) is 3. The maximum absolute atomic E-state index is 12.3. The molecule has 1 heterocycles. The third-order valence-electron chi connectivity index (χ3n) is 6.38. The molecule has 4 rings (SSSR count). The molecule has 0 atom stereocenters. The zero-order valence-electron chi connectivity index (χ0n) is 23.7. The summed E-state index contributed by atoms with van der Waals surface area (Å²) < 4.78 is 6.02. The number of carboxylic acids is 2. The highest BCUT2D eigenvalue weighted by atomic mass is 16.5. The van der Waals surface area contributed by atoms with Gasteiger partial charge in [-0.25, -0.2) is 0 Å². The molecule has 9 heteroatoms. The first-order valence-corrected chi connectivity index (χ1v) is 13.8. The number of rotatable bonds is 11. The zero-order valence-corrected chi connectivity index (χ0v) is 23.7. The fourth-order valence-corrected chi connectivity index (χ4v) is 4.40. The van der Waals surface area contributed by atoms with Gasteiger partial charge in [-0.1, -0.05) is 54.6 Å². The Hall–Kier alpha value is -4.37. The first-order valence-electron chi connectivity index (χ1n) is 13.8. The lowest BCUT2D eigenvalue weighted by atomic mass is 10.1. The third-order valence-corrected chi connectivity index (χ3v) is 6.38. The number of aliphatic carboxylic acids is 2. The summed E-state index contributed by atoms with van der Waals surface area (Å²) in [5, 5.41) is 18.8. The van der Waals surface area contributed by atoms with E-state index in [0.29, 0.717) is 12.1 Å². The summed E-state index contributed by atoms with van der Waals surface area (Å²) in [6.07, 6.45) is -0.429. The van der Waals surface area contributed by atoms with Crippen molar-refractivity contribution < 1.29 is 29.3 Å². The summed E-state index contributed by atoms with van der Waals surface area (Å²) in [7, 11) is 0. The standard InChI is InChI=1S/C28H33N3O2.C4H6O4/c1-22(2)33-27-14-7-6-13-26(27)31-17-15-30(16-18-31)21-24-10-8-9-23(19-24)20-29-28(32)25-11-4-3-5-12-25;5-3(6)1-2-4(7)8/h3-14,19,22H,15-18,20-21H2,1-2H3,(H,29,32);1-2H2,(H,5,6)(H,7,8). The number of nitrogens with zero attached hydrogens (tertiary/aromatic N) is 2. The number of piperazine rings is 1. The van der Waals surface area contributed by atoms with Crippen LogP contribution in [0.15, 0.2) is 78.9 Å². The highest BCUT2D eigenvalue weighted by Crippen LogP contribution is 2.29. The molecule has 0 aromatic heterocycles. The molecule has 3 aromatic carbocycles.